The maximum atomic E-state index is 2.39. The number of rotatable bonds is 3. The van der Waals surface area contributed by atoms with Gasteiger partial charge >= 0.3 is 0 Å². The second kappa shape index (κ2) is 4.83. The van der Waals surface area contributed by atoms with Crippen LogP contribution in [0.2, 0.25) is 0 Å². The summed E-state index contributed by atoms with van der Waals surface area (Å²) < 4.78 is 0. The highest BCUT2D eigenvalue weighted by molar-refractivity contribution is 5.35. The van der Waals surface area contributed by atoms with E-state index in [1.54, 1.807) is 0 Å². The van der Waals surface area contributed by atoms with Crippen LogP contribution in [0.25, 0.3) is 0 Å². The highest BCUT2D eigenvalue weighted by Crippen LogP contribution is 2.25. The van der Waals surface area contributed by atoms with Gasteiger partial charge in [-0.05, 0) is 34.9 Å². The largest absolute Gasteiger partial charge is 0.0651 e. The molecule has 0 N–H and O–H groups in total. The SMILES string of the molecule is CCCc1ccc(C(C)(C)C)cc1CC. The molecular weight excluding hydrogens is 180 g/mol. The van der Waals surface area contributed by atoms with E-state index in [9.17, 15) is 0 Å². The second-order valence-electron chi connectivity index (χ2n) is 5.34. The molecule has 0 saturated carbocycles. The summed E-state index contributed by atoms with van der Waals surface area (Å²) in [6, 6.07) is 7.01. The van der Waals surface area contributed by atoms with Crippen LogP contribution in [-0.4, -0.2) is 0 Å². The number of hydrogen-bond acceptors (Lipinski definition) is 0. The lowest BCUT2D eigenvalue weighted by Gasteiger charge is -2.21. The van der Waals surface area contributed by atoms with Gasteiger partial charge in [-0.25, -0.2) is 0 Å². The fraction of sp³-hybridized carbons (Fsp3) is 0.600. The van der Waals surface area contributed by atoms with Gasteiger partial charge in [0.05, 0.1) is 0 Å². The van der Waals surface area contributed by atoms with Gasteiger partial charge in [0.25, 0.3) is 0 Å². The molecule has 0 nitrogen and oxygen atoms in total. The van der Waals surface area contributed by atoms with Crippen LogP contribution in [0.4, 0.5) is 0 Å². The zero-order valence-electron chi connectivity index (χ0n) is 10.9. The van der Waals surface area contributed by atoms with E-state index in [0.717, 1.165) is 6.42 Å². The fourth-order valence-corrected chi connectivity index (χ4v) is 1.93. The lowest BCUT2D eigenvalue weighted by Crippen LogP contribution is -2.12. The topological polar surface area (TPSA) is 0 Å². The van der Waals surface area contributed by atoms with E-state index >= 15 is 0 Å². The van der Waals surface area contributed by atoms with Crippen LogP contribution in [0, 0.1) is 0 Å². The van der Waals surface area contributed by atoms with Crippen molar-refractivity contribution in [3.05, 3.63) is 34.9 Å². The van der Waals surface area contributed by atoms with E-state index < -0.39 is 0 Å². The van der Waals surface area contributed by atoms with E-state index in [2.05, 4.69) is 52.8 Å². The van der Waals surface area contributed by atoms with Crippen LogP contribution < -0.4 is 0 Å². The van der Waals surface area contributed by atoms with Crippen LogP contribution in [0.3, 0.4) is 0 Å². The molecule has 1 aromatic carbocycles. The van der Waals surface area contributed by atoms with Gasteiger partial charge in [0.15, 0.2) is 0 Å². The minimum absolute atomic E-state index is 0.272. The Morgan fingerprint density at radius 1 is 1.00 bits per heavy atom. The van der Waals surface area contributed by atoms with E-state index in [1.807, 2.05) is 0 Å². The Balaban J connectivity index is 3.08. The third kappa shape index (κ3) is 3.09. The summed E-state index contributed by atoms with van der Waals surface area (Å²) in [6.07, 6.45) is 3.61. The quantitative estimate of drug-likeness (QED) is 0.680. The van der Waals surface area contributed by atoms with E-state index in [4.69, 9.17) is 0 Å². The molecule has 0 spiro atoms. The predicted octanol–water partition coefficient (Wildman–Crippen LogP) is 4.50. The van der Waals surface area contributed by atoms with Crippen molar-refractivity contribution >= 4 is 0 Å². The van der Waals surface area contributed by atoms with Gasteiger partial charge in [0.1, 0.15) is 0 Å². The van der Waals surface area contributed by atoms with Crippen molar-refractivity contribution in [1.82, 2.24) is 0 Å². The second-order valence-corrected chi connectivity index (χ2v) is 5.34. The molecule has 0 radical (unpaired) electrons. The third-order valence-corrected chi connectivity index (χ3v) is 2.97. The molecule has 0 aliphatic rings. The molecular formula is C15H24. The van der Waals surface area contributed by atoms with Crippen LogP contribution in [-0.2, 0) is 18.3 Å². The van der Waals surface area contributed by atoms with Gasteiger partial charge in [-0.2, -0.15) is 0 Å². The first-order valence-corrected chi connectivity index (χ1v) is 6.11. The molecule has 0 unspecified atom stereocenters. The smallest absolute Gasteiger partial charge is 0.0132 e. The van der Waals surface area contributed by atoms with Crippen molar-refractivity contribution in [2.45, 2.75) is 59.3 Å². The molecule has 0 bridgehead atoms. The molecule has 0 aliphatic carbocycles. The lowest BCUT2D eigenvalue weighted by molar-refractivity contribution is 0.589. The monoisotopic (exact) mass is 204 g/mol. The lowest BCUT2D eigenvalue weighted by atomic mass is 9.84. The molecule has 1 rings (SSSR count). The van der Waals surface area contributed by atoms with Crippen molar-refractivity contribution < 1.29 is 0 Å². The molecule has 0 fully saturated rings. The van der Waals surface area contributed by atoms with Crippen molar-refractivity contribution in [1.29, 1.82) is 0 Å². The Bertz CT molecular complexity index is 315. The van der Waals surface area contributed by atoms with Crippen molar-refractivity contribution in [3.8, 4) is 0 Å². The summed E-state index contributed by atoms with van der Waals surface area (Å²) in [5, 5.41) is 0. The van der Waals surface area contributed by atoms with E-state index in [-0.39, 0.29) is 5.41 Å². The fourth-order valence-electron chi connectivity index (χ4n) is 1.93. The standard InChI is InChI=1S/C15H24/c1-6-8-13-9-10-14(15(3,4)5)11-12(13)7-2/h9-11H,6-8H2,1-5H3. The minimum Gasteiger partial charge on any atom is -0.0651 e. The van der Waals surface area contributed by atoms with Crippen LogP contribution in [0.1, 0.15) is 57.7 Å². The average molecular weight is 204 g/mol. The van der Waals surface area contributed by atoms with Crippen LogP contribution in [0.15, 0.2) is 18.2 Å². The zero-order valence-corrected chi connectivity index (χ0v) is 10.9. The van der Waals surface area contributed by atoms with Gasteiger partial charge in [0.2, 0.25) is 0 Å². The predicted molar refractivity (Wildman–Crippen MR) is 68.5 cm³/mol. The van der Waals surface area contributed by atoms with Gasteiger partial charge in [-0.15, -0.1) is 0 Å². The third-order valence-electron chi connectivity index (χ3n) is 2.97. The van der Waals surface area contributed by atoms with Crippen LogP contribution in [0.5, 0.6) is 0 Å². The number of hydrogen-bond donors (Lipinski definition) is 0. The summed E-state index contributed by atoms with van der Waals surface area (Å²) in [5.74, 6) is 0. The van der Waals surface area contributed by atoms with E-state index in [1.165, 1.54) is 29.5 Å². The van der Waals surface area contributed by atoms with Gasteiger partial charge in [-0.1, -0.05) is 59.2 Å². The molecule has 0 heteroatoms. The molecule has 15 heavy (non-hydrogen) atoms. The Morgan fingerprint density at radius 3 is 2.13 bits per heavy atom. The summed E-state index contributed by atoms with van der Waals surface area (Å²) in [5.41, 5.74) is 4.80. The average Bonchev–Trinajstić information content (AvgIpc) is 2.17. The summed E-state index contributed by atoms with van der Waals surface area (Å²) in [7, 11) is 0. The number of aryl methyl sites for hydroxylation is 2. The zero-order chi connectivity index (χ0) is 11.5. The van der Waals surface area contributed by atoms with Gasteiger partial charge in [-0.3, -0.25) is 0 Å². The molecule has 0 amide bonds. The normalized spacial score (nSPS) is 11.8. The molecule has 1 aromatic rings. The van der Waals surface area contributed by atoms with E-state index in [0.29, 0.717) is 0 Å². The summed E-state index contributed by atoms with van der Waals surface area (Å²) >= 11 is 0. The minimum atomic E-state index is 0.272. The maximum Gasteiger partial charge on any atom is -0.0132 e. The molecule has 0 atom stereocenters. The molecule has 84 valence electrons. The van der Waals surface area contributed by atoms with Crippen molar-refractivity contribution in [3.63, 3.8) is 0 Å². The Kier molecular flexibility index (Phi) is 3.96. The number of benzene rings is 1. The molecule has 0 aromatic heterocycles. The maximum absolute atomic E-state index is 2.39. The first-order chi connectivity index (χ1) is 6.99. The molecule has 0 saturated heterocycles. The Labute approximate surface area is 94.7 Å². The molecule has 0 aliphatic heterocycles. The van der Waals surface area contributed by atoms with Gasteiger partial charge in [0, 0.05) is 0 Å². The molecule has 0 heterocycles. The Hall–Kier alpha value is -0.780. The highest BCUT2D eigenvalue weighted by Gasteiger charge is 2.14. The highest BCUT2D eigenvalue weighted by atomic mass is 14.2. The van der Waals surface area contributed by atoms with Crippen molar-refractivity contribution in [2.24, 2.45) is 0 Å². The first-order valence-electron chi connectivity index (χ1n) is 6.11. The first kappa shape index (κ1) is 12.3. The van der Waals surface area contributed by atoms with Crippen LogP contribution >= 0.6 is 0 Å². The summed E-state index contributed by atoms with van der Waals surface area (Å²) in [6.45, 7) is 11.3. The van der Waals surface area contributed by atoms with Gasteiger partial charge < -0.3 is 0 Å². The summed E-state index contributed by atoms with van der Waals surface area (Å²) in [4.78, 5) is 0. The van der Waals surface area contributed by atoms with Crippen molar-refractivity contribution in [2.75, 3.05) is 0 Å². The Morgan fingerprint density at radius 2 is 1.67 bits per heavy atom.